The predicted molar refractivity (Wildman–Crippen MR) is 81.5 cm³/mol. The van der Waals surface area contributed by atoms with Crippen LogP contribution in [-0.2, 0) is 0 Å². The second-order valence-corrected chi connectivity index (χ2v) is 5.88. The average molecular weight is 314 g/mol. The number of aromatic carboxylic acids is 1. The van der Waals surface area contributed by atoms with Gasteiger partial charge < -0.3 is 5.11 Å². The van der Waals surface area contributed by atoms with Crippen LogP contribution in [-0.4, -0.2) is 25.7 Å². The molecule has 1 fully saturated rings. The molecule has 1 N–H and O–H groups in total. The molecule has 6 heteroatoms. The van der Waals surface area contributed by atoms with E-state index in [1.165, 1.54) is 0 Å². The highest BCUT2D eigenvalue weighted by molar-refractivity contribution is 6.29. The van der Waals surface area contributed by atoms with Crippen LogP contribution in [0.3, 0.4) is 0 Å². The second-order valence-electron chi connectivity index (χ2n) is 5.49. The number of benzene rings is 1. The molecule has 0 unspecified atom stereocenters. The van der Waals surface area contributed by atoms with E-state index in [1.54, 1.807) is 29.0 Å². The molecule has 1 aliphatic carbocycles. The molecule has 2 atom stereocenters. The number of imidazole rings is 1. The fraction of sp³-hybridized carbons (Fsp3) is 0.188. The van der Waals surface area contributed by atoms with Crippen LogP contribution >= 0.6 is 11.6 Å². The lowest BCUT2D eigenvalue weighted by molar-refractivity contribution is 0.0697. The van der Waals surface area contributed by atoms with Crippen molar-refractivity contribution in [3.63, 3.8) is 0 Å². The molecule has 0 spiro atoms. The van der Waals surface area contributed by atoms with Crippen LogP contribution in [0.2, 0.25) is 5.15 Å². The third-order valence-corrected chi connectivity index (χ3v) is 4.32. The van der Waals surface area contributed by atoms with E-state index in [0.29, 0.717) is 22.6 Å². The van der Waals surface area contributed by atoms with Gasteiger partial charge in [0.2, 0.25) is 0 Å². The highest BCUT2D eigenvalue weighted by Gasteiger charge is 2.41. The van der Waals surface area contributed by atoms with E-state index in [9.17, 15) is 4.79 Å². The van der Waals surface area contributed by atoms with Crippen molar-refractivity contribution in [2.45, 2.75) is 18.3 Å². The summed E-state index contributed by atoms with van der Waals surface area (Å²) in [7, 11) is 0. The standard InChI is InChI=1S/C16H12ClN3O2/c17-14-8-13(15-18-5-6-20(15)19-14)12-7-11(12)9-1-3-10(4-2-9)16(21)22/h1-6,8,11-12H,7H2,(H,21,22)/t11-,12+/m1/s1. The Bertz CT molecular complexity index is 873. The van der Waals surface area contributed by atoms with Crippen LogP contribution in [0.25, 0.3) is 5.65 Å². The third-order valence-electron chi connectivity index (χ3n) is 4.13. The number of hydrogen-bond acceptors (Lipinski definition) is 3. The van der Waals surface area contributed by atoms with Gasteiger partial charge in [-0.3, -0.25) is 0 Å². The number of rotatable bonds is 3. The number of nitrogens with zero attached hydrogens (tertiary/aromatic N) is 3. The first kappa shape index (κ1) is 13.3. The van der Waals surface area contributed by atoms with Crippen LogP contribution in [0, 0.1) is 0 Å². The van der Waals surface area contributed by atoms with Gasteiger partial charge in [0.15, 0.2) is 5.65 Å². The fourth-order valence-corrected chi connectivity index (χ4v) is 3.16. The van der Waals surface area contributed by atoms with Crippen molar-refractivity contribution in [3.05, 3.63) is 64.6 Å². The van der Waals surface area contributed by atoms with Crippen molar-refractivity contribution in [1.29, 1.82) is 0 Å². The third kappa shape index (κ3) is 2.14. The zero-order valence-electron chi connectivity index (χ0n) is 11.5. The monoisotopic (exact) mass is 313 g/mol. The summed E-state index contributed by atoms with van der Waals surface area (Å²) in [5.41, 5.74) is 3.38. The van der Waals surface area contributed by atoms with Crippen LogP contribution in [0.5, 0.6) is 0 Å². The van der Waals surface area contributed by atoms with Crippen molar-refractivity contribution in [2.75, 3.05) is 0 Å². The van der Waals surface area contributed by atoms with Crippen molar-refractivity contribution < 1.29 is 9.90 Å². The van der Waals surface area contributed by atoms with Gasteiger partial charge in [0.25, 0.3) is 0 Å². The van der Waals surface area contributed by atoms with Crippen LogP contribution < -0.4 is 0 Å². The molecule has 0 aliphatic heterocycles. The number of halogens is 1. The minimum atomic E-state index is -0.904. The lowest BCUT2D eigenvalue weighted by Gasteiger charge is -2.05. The van der Waals surface area contributed by atoms with E-state index in [4.69, 9.17) is 16.7 Å². The summed E-state index contributed by atoms with van der Waals surface area (Å²) in [4.78, 5) is 15.3. The maximum atomic E-state index is 10.9. The quantitative estimate of drug-likeness (QED) is 0.805. The highest BCUT2D eigenvalue weighted by atomic mass is 35.5. The molecule has 1 aliphatic rings. The molecule has 0 saturated heterocycles. The van der Waals surface area contributed by atoms with Crippen LogP contribution in [0.15, 0.2) is 42.7 Å². The molecule has 1 aromatic carbocycles. The van der Waals surface area contributed by atoms with Gasteiger partial charge in [-0.05, 0) is 42.0 Å². The number of aromatic nitrogens is 3. The SMILES string of the molecule is O=C(O)c1ccc([C@H]2C[C@@H]2c2cc(Cl)nn3ccnc23)cc1. The lowest BCUT2D eigenvalue weighted by atomic mass is 10.0. The summed E-state index contributed by atoms with van der Waals surface area (Å²) < 4.78 is 1.70. The maximum absolute atomic E-state index is 10.9. The summed E-state index contributed by atoms with van der Waals surface area (Å²) >= 11 is 6.08. The van der Waals surface area contributed by atoms with E-state index < -0.39 is 5.97 Å². The Hall–Kier alpha value is -2.40. The molecular weight excluding hydrogens is 302 g/mol. The van der Waals surface area contributed by atoms with Crippen molar-refractivity contribution in [2.24, 2.45) is 0 Å². The van der Waals surface area contributed by atoms with E-state index in [-0.39, 0.29) is 0 Å². The average Bonchev–Trinajstić information content (AvgIpc) is 3.17. The number of carbonyl (C=O) groups is 1. The van der Waals surface area contributed by atoms with Gasteiger partial charge >= 0.3 is 5.97 Å². The van der Waals surface area contributed by atoms with Crippen molar-refractivity contribution >= 4 is 23.2 Å². The molecule has 1 saturated carbocycles. The summed E-state index contributed by atoms with van der Waals surface area (Å²) in [5.74, 6) is -0.179. The maximum Gasteiger partial charge on any atom is 0.335 e. The number of carboxylic acids is 1. The first-order valence-electron chi connectivity index (χ1n) is 6.96. The molecule has 0 radical (unpaired) electrons. The fourth-order valence-electron chi connectivity index (χ4n) is 2.96. The zero-order chi connectivity index (χ0) is 15.3. The molecule has 110 valence electrons. The number of carboxylic acid groups (broad SMARTS) is 1. The minimum Gasteiger partial charge on any atom is -0.478 e. The predicted octanol–water partition coefficient (Wildman–Crippen LogP) is 3.35. The largest absolute Gasteiger partial charge is 0.478 e. The molecule has 2 aromatic heterocycles. The molecule has 2 heterocycles. The van der Waals surface area contributed by atoms with Gasteiger partial charge in [-0.2, -0.15) is 5.10 Å². The topological polar surface area (TPSA) is 67.5 Å². The zero-order valence-corrected chi connectivity index (χ0v) is 12.2. The molecule has 22 heavy (non-hydrogen) atoms. The molecule has 4 rings (SSSR count). The summed E-state index contributed by atoms with van der Waals surface area (Å²) in [6.45, 7) is 0. The molecule has 5 nitrogen and oxygen atoms in total. The Labute approximate surface area is 131 Å². The van der Waals surface area contributed by atoms with Crippen molar-refractivity contribution in [3.8, 4) is 0 Å². The second kappa shape index (κ2) is 4.81. The van der Waals surface area contributed by atoms with E-state index in [1.807, 2.05) is 18.2 Å². The summed E-state index contributed by atoms with van der Waals surface area (Å²) in [6, 6.07) is 8.95. The van der Waals surface area contributed by atoms with E-state index >= 15 is 0 Å². The molecule has 3 aromatic rings. The Morgan fingerprint density at radius 2 is 2.05 bits per heavy atom. The first-order chi connectivity index (χ1) is 10.6. The van der Waals surface area contributed by atoms with Gasteiger partial charge in [0, 0.05) is 18.0 Å². The van der Waals surface area contributed by atoms with Gasteiger partial charge in [-0.15, -0.1) is 0 Å². The van der Waals surface area contributed by atoms with Crippen molar-refractivity contribution in [1.82, 2.24) is 14.6 Å². The molecule has 0 amide bonds. The Kier molecular flexibility index (Phi) is 2.90. The van der Waals surface area contributed by atoms with E-state index in [2.05, 4.69) is 10.1 Å². The number of hydrogen-bond donors (Lipinski definition) is 1. The van der Waals surface area contributed by atoms with Crippen LogP contribution in [0.1, 0.15) is 39.7 Å². The Balaban J connectivity index is 1.66. The molecule has 0 bridgehead atoms. The van der Waals surface area contributed by atoms with E-state index in [0.717, 1.165) is 23.2 Å². The number of fused-ring (bicyclic) bond motifs is 1. The van der Waals surface area contributed by atoms with Gasteiger partial charge in [-0.25, -0.2) is 14.3 Å². The highest BCUT2D eigenvalue weighted by Crippen LogP contribution is 2.55. The van der Waals surface area contributed by atoms with Gasteiger partial charge in [0.05, 0.1) is 5.56 Å². The lowest BCUT2D eigenvalue weighted by Crippen LogP contribution is -1.97. The Morgan fingerprint density at radius 1 is 1.27 bits per heavy atom. The van der Waals surface area contributed by atoms with Gasteiger partial charge in [-0.1, -0.05) is 23.7 Å². The summed E-state index contributed by atoms with van der Waals surface area (Å²) in [6.07, 6.45) is 4.50. The Morgan fingerprint density at radius 3 is 2.77 bits per heavy atom. The summed E-state index contributed by atoms with van der Waals surface area (Å²) in [5, 5.41) is 13.6. The van der Waals surface area contributed by atoms with Gasteiger partial charge in [0.1, 0.15) is 5.15 Å². The minimum absolute atomic E-state index is 0.309. The smallest absolute Gasteiger partial charge is 0.335 e. The first-order valence-corrected chi connectivity index (χ1v) is 7.34. The normalized spacial score (nSPS) is 20.2. The van der Waals surface area contributed by atoms with Crippen LogP contribution in [0.4, 0.5) is 0 Å². The molecular formula is C16H12ClN3O2.